The van der Waals surface area contributed by atoms with Crippen molar-refractivity contribution in [3.63, 3.8) is 0 Å². The zero-order valence-corrected chi connectivity index (χ0v) is 20.3. The van der Waals surface area contributed by atoms with Gasteiger partial charge in [-0.25, -0.2) is 4.99 Å². The van der Waals surface area contributed by atoms with E-state index in [0.29, 0.717) is 16.6 Å². The van der Waals surface area contributed by atoms with Gasteiger partial charge in [0.1, 0.15) is 0 Å². The van der Waals surface area contributed by atoms with E-state index in [-0.39, 0.29) is 5.91 Å². The molecule has 1 saturated heterocycles. The van der Waals surface area contributed by atoms with Crippen LogP contribution in [0.5, 0.6) is 0 Å². The van der Waals surface area contributed by atoms with Crippen LogP contribution in [0.3, 0.4) is 0 Å². The first-order valence-corrected chi connectivity index (χ1v) is 12.6. The van der Waals surface area contributed by atoms with Gasteiger partial charge in [0.2, 0.25) is 0 Å². The van der Waals surface area contributed by atoms with Gasteiger partial charge < -0.3 is 4.57 Å². The van der Waals surface area contributed by atoms with Crippen molar-refractivity contribution in [3.8, 4) is 5.69 Å². The first kappa shape index (κ1) is 22.1. The molecule has 5 aromatic rings. The summed E-state index contributed by atoms with van der Waals surface area (Å²) in [5.41, 5.74) is 3.89. The van der Waals surface area contributed by atoms with Gasteiger partial charge in [-0.2, -0.15) is 0 Å². The fourth-order valence-corrected chi connectivity index (χ4v) is 5.30. The first-order valence-electron chi connectivity index (χ1n) is 11.8. The van der Waals surface area contributed by atoms with Crippen LogP contribution >= 0.6 is 11.8 Å². The lowest BCUT2D eigenvalue weighted by molar-refractivity contribution is -0.122. The molecular formula is C31H23N3OS. The molecule has 1 aromatic heterocycles. The molecule has 0 atom stereocenters. The number of hydrogen-bond acceptors (Lipinski definition) is 3. The van der Waals surface area contributed by atoms with Gasteiger partial charge >= 0.3 is 0 Å². The number of aromatic nitrogens is 1. The van der Waals surface area contributed by atoms with Crippen LogP contribution in [0.2, 0.25) is 0 Å². The Morgan fingerprint density at radius 1 is 0.750 bits per heavy atom. The zero-order valence-electron chi connectivity index (χ0n) is 19.5. The predicted molar refractivity (Wildman–Crippen MR) is 149 cm³/mol. The van der Waals surface area contributed by atoms with Crippen LogP contribution in [0.4, 0.5) is 5.69 Å². The Morgan fingerprint density at radius 2 is 1.47 bits per heavy atom. The fourth-order valence-electron chi connectivity index (χ4n) is 4.32. The normalized spacial score (nSPS) is 15.9. The van der Waals surface area contributed by atoms with Crippen LogP contribution in [0.25, 0.3) is 22.5 Å². The standard InChI is InChI=1S/C31H23N3OS/c35-30-29(21-27-16-9-19-33(27)28-18-17-24-12-7-8-13-25(24)20-28)36-31(32-26-14-5-2-6-15-26)34(30)22-23-10-3-1-4-11-23/h1-21H,22H2/b29-21-,32-31?. The molecule has 4 nitrogen and oxygen atoms in total. The number of nitrogens with zero attached hydrogens (tertiary/aromatic N) is 3. The Morgan fingerprint density at radius 3 is 2.28 bits per heavy atom. The summed E-state index contributed by atoms with van der Waals surface area (Å²) in [4.78, 5) is 20.8. The fraction of sp³-hybridized carbons (Fsp3) is 0.0323. The van der Waals surface area contributed by atoms with E-state index in [0.717, 1.165) is 22.6 Å². The summed E-state index contributed by atoms with van der Waals surface area (Å²) in [7, 11) is 0. The summed E-state index contributed by atoms with van der Waals surface area (Å²) in [6, 6.07) is 38.6. The highest BCUT2D eigenvalue weighted by atomic mass is 32.2. The van der Waals surface area contributed by atoms with Crippen LogP contribution in [-0.4, -0.2) is 20.5 Å². The SMILES string of the molecule is O=C1/C(=C/c2cccn2-c2ccc3ccccc3c2)SC(=Nc2ccccc2)N1Cc1ccccc1. The molecule has 0 unspecified atom stereocenters. The minimum absolute atomic E-state index is 0.0372. The van der Waals surface area contributed by atoms with Gasteiger partial charge in [-0.15, -0.1) is 0 Å². The molecule has 174 valence electrons. The quantitative estimate of drug-likeness (QED) is 0.243. The zero-order chi connectivity index (χ0) is 24.3. The molecule has 1 aliphatic rings. The number of carbonyl (C=O) groups is 1. The van der Waals surface area contributed by atoms with E-state index in [1.807, 2.05) is 97.2 Å². The average molecular weight is 486 g/mol. The topological polar surface area (TPSA) is 37.6 Å². The van der Waals surface area contributed by atoms with Gasteiger partial charge in [-0.1, -0.05) is 78.9 Å². The molecule has 0 saturated carbocycles. The van der Waals surface area contributed by atoms with E-state index in [1.54, 1.807) is 4.90 Å². The van der Waals surface area contributed by atoms with Crippen molar-refractivity contribution in [2.24, 2.45) is 4.99 Å². The maximum atomic E-state index is 13.6. The molecule has 1 aliphatic heterocycles. The number of aliphatic imine (C=N–C) groups is 1. The number of thioether (sulfide) groups is 1. The van der Waals surface area contributed by atoms with E-state index in [4.69, 9.17) is 4.99 Å². The lowest BCUT2D eigenvalue weighted by Gasteiger charge is -2.15. The Labute approximate surface area is 214 Å². The van der Waals surface area contributed by atoms with Gasteiger partial charge in [0, 0.05) is 17.6 Å². The van der Waals surface area contributed by atoms with Crippen LogP contribution in [0.15, 0.2) is 131 Å². The Hall–Kier alpha value is -4.35. The Kier molecular flexibility index (Phi) is 5.98. The van der Waals surface area contributed by atoms with Crippen molar-refractivity contribution in [1.29, 1.82) is 0 Å². The smallest absolute Gasteiger partial charge is 0.267 e. The third-order valence-corrected chi connectivity index (χ3v) is 7.13. The Balaban J connectivity index is 1.37. The molecule has 5 heteroatoms. The van der Waals surface area contributed by atoms with Crippen molar-refractivity contribution in [1.82, 2.24) is 9.47 Å². The summed E-state index contributed by atoms with van der Waals surface area (Å²) in [5, 5.41) is 3.07. The summed E-state index contributed by atoms with van der Waals surface area (Å²) in [5.74, 6) is -0.0372. The van der Waals surface area contributed by atoms with E-state index in [9.17, 15) is 4.79 Å². The van der Waals surface area contributed by atoms with Gasteiger partial charge in [0.15, 0.2) is 5.17 Å². The van der Waals surface area contributed by atoms with Crippen molar-refractivity contribution >= 4 is 45.4 Å². The minimum atomic E-state index is -0.0372. The molecule has 1 amide bonds. The second-order valence-electron chi connectivity index (χ2n) is 8.55. The van der Waals surface area contributed by atoms with Crippen molar-refractivity contribution in [2.75, 3.05) is 0 Å². The van der Waals surface area contributed by atoms with Crippen LogP contribution in [0.1, 0.15) is 11.3 Å². The van der Waals surface area contributed by atoms with Gasteiger partial charge in [-0.05, 0) is 70.6 Å². The maximum absolute atomic E-state index is 13.6. The summed E-state index contributed by atoms with van der Waals surface area (Å²) >= 11 is 1.42. The molecular weight excluding hydrogens is 462 g/mol. The number of amides is 1. The van der Waals surface area contributed by atoms with Crippen LogP contribution < -0.4 is 0 Å². The van der Waals surface area contributed by atoms with Crippen molar-refractivity contribution in [2.45, 2.75) is 6.54 Å². The molecule has 36 heavy (non-hydrogen) atoms. The maximum Gasteiger partial charge on any atom is 0.267 e. The molecule has 0 spiro atoms. The second kappa shape index (κ2) is 9.72. The third kappa shape index (κ3) is 4.49. The highest BCUT2D eigenvalue weighted by Crippen LogP contribution is 2.35. The molecule has 2 heterocycles. The number of benzene rings is 4. The average Bonchev–Trinajstić information content (AvgIpc) is 3.50. The van der Waals surface area contributed by atoms with Gasteiger partial charge in [0.05, 0.1) is 17.1 Å². The number of para-hydroxylation sites is 1. The number of fused-ring (bicyclic) bond motifs is 1. The lowest BCUT2D eigenvalue weighted by atomic mass is 10.1. The van der Waals surface area contributed by atoms with E-state index in [2.05, 4.69) is 34.9 Å². The third-order valence-electron chi connectivity index (χ3n) is 6.12. The van der Waals surface area contributed by atoms with Crippen LogP contribution in [-0.2, 0) is 11.3 Å². The first-order chi connectivity index (χ1) is 17.7. The molecule has 0 radical (unpaired) electrons. The van der Waals surface area contributed by atoms with Crippen molar-refractivity contribution < 1.29 is 4.79 Å². The van der Waals surface area contributed by atoms with E-state index < -0.39 is 0 Å². The largest absolute Gasteiger partial charge is 0.317 e. The Bertz CT molecular complexity index is 1600. The monoisotopic (exact) mass is 485 g/mol. The molecule has 6 rings (SSSR count). The van der Waals surface area contributed by atoms with Crippen LogP contribution in [0, 0.1) is 0 Å². The van der Waals surface area contributed by atoms with E-state index in [1.165, 1.54) is 22.5 Å². The highest BCUT2D eigenvalue weighted by molar-refractivity contribution is 8.18. The van der Waals surface area contributed by atoms with Crippen molar-refractivity contribution in [3.05, 3.63) is 138 Å². The van der Waals surface area contributed by atoms with Gasteiger partial charge in [0.25, 0.3) is 5.91 Å². The summed E-state index contributed by atoms with van der Waals surface area (Å²) in [6.07, 6.45) is 4.00. The number of amidine groups is 1. The number of rotatable bonds is 5. The molecule has 1 fully saturated rings. The predicted octanol–water partition coefficient (Wildman–Crippen LogP) is 7.43. The molecule has 0 N–H and O–H groups in total. The lowest BCUT2D eigenvalue weighted by Crippen LogP contribution is -2.28. The highest BCUT2D eigenvalue weighted by Gasteiger charge is 2.33. The van der Waals surface area contributed by atoms with Gasteiger partial charge in [-0.3, -0.25) is 9.69 Å². The number of hydrogen-bond donors (Lipinski definition) is 0. The molecule has 0 bridgehead atoms. The second-order valence-corrected chi connectivity index (χ2v) is 9.56. The number of carbonyl (C=O) groups excluding carboxylic acids is 1. The summed E-state index contributed by atoms with van der Waals surface area (Å²) in [6.45, 7) is 0.474. The summed E-state index contributed by atoms with van der Waals surface area (Å²) < 4.78 is 2.11. The molecule has 0 aliphatic carbocycles. The molecule has 4 aromatic carbocycles. The minimum Gasteiger partial charge on any atom is -0.317 e. The van der Waals surface area contributed by atoms with E-state index >= 15 is 0 Å².